The fraction of sp³-hybridized carbons (Fsp3) is 1.00. The van der Waals surface area contributed by atoms with Gasteiger partial charge in [-0.3, -0.25) is 0 Å². The molecule has 0 aromatic rings. The smallest absolute Gasteiger partial charge is 0.117 e. The van der Waals surface area contributed by atoms with Crippen molar-refractivity contribution in [3.05, 3.63) is 4.91 Å². The van der Waals surface area contributed by atoms with Crippen molar-refractivity contribution in [2.75, 3.05) is 13.2 Å². The third-order valence-electron chi connectivity index (χ3n) is 1.05. The summed E-state index contributed by atoms with van der Waals surface area (Å²) in [4.78, 5) is 9.68. The maximum Gasteiger partial charge on any atom is 0.117 e. The zero-order valence-electron chi connectivity index (χ0n) is 3.96. The molecule has 0 aliphatic carbocycles. The SMILES string of the molecule is O=N[C@@H]1CCOC1. The van der Waals surface area contributed by atoms with Crippen molar-refractivity contribution in [2.45, 2.75) is 12.5 Å². The molecule has 0 amide bonds. The van der Waals surface area contributed by atoms with Gasteiger partial charge in [0.1, 0.15) is 6.04 Å². The van der Waals surface area contributed by atoms with Crippen molar-refractivity contribution in [3.8, 4) is 0 Å². The van der Waals surface area contributed by atoms with E-state index in [4.69, 9.17) is 4.74 Å². The first-order valence-corrected chi connectivity index (χ1v) is 2.33. The van der Waals surface area contributed by atoms with Gasteiger partial charge in [0.2, 0.25) is 0 Å². The fourth-order valence-corrected chi connectivity index (χ4v) is 0.605. The minimum atomic E-state index is -0.0556. The summed E-state index contributed by atoms with van der Waals surface area (Å²) in [6, 6.07) is -0.0556. The van der Waals surface area contributed by atoms with Crippen LogP contribution in [0.25, 0.3) is 0 Å². The number of rotatable bonds is 1. The molecule has 0 saturated carbocycles. The Balaban J connectivity index is 2.26. The molecule has 7 heavy (non-hydrogen) atoms. The van der Waals surface area contributed by atoms with Gasteiger partial charge in [-0.25, -0.2) is 0 Å². The second-order valence-electron chi connectivity index (χ2n) is 1.62. The Bertz CT molecular complexity index is 68.1. The van der Waals surface area contributed by atoms with E-state index < -0.39 is 0 Å². The molecule has 0 radical (unpaired) electrons. The van der Waals surface area contributed by atoms with Crippen molar-refractivity contribution in [2.24, 2.45) is 5.18 Å². The lowest BCUT2D eigenvalue weighted by Crippen LogP contribution is -1.99. The maximum atomic E-state index is 9.68. The van der Waals surface area contributed by atoms with Gasteiger partial charge in [-0.15, -0.1) is 0 Å². The maximum absolute atomic E-state index is 9.68. The van der Waals surface area contributed by atoms with Crippen LogP contribution in [0.5, 0.6) is 0 Å². The van der Waals surface area contributed by atoms with Gasteiger partial charge in [-0.2, -0.15) is 4.91 Å². The van der Waals surface area contributed by atoms with Gasteiger partial charge in [0.25, 0.3) is 0 Å². The molecule has 3 heteroatoms. The second kappa shape index (κ2) is 2.02. The topological polar surface area (TPSA) is 38.7 Å². The molecule has 1 aliphatic rings. The summed E-state index contributed by atoms with van der Waals surface area (Å²) in [5.41, 5.74) is 0. The molecule has 3 nitrogen and oxygen atoms in total. The van der Waals surface area contributed by atoms with E-state index in [1.165, 1.54) is 0 Å². The summed E-state index contributed by atoms with van der Waals surface area (Å²) in [6.07, 6.45) is 0.809. The highest BCUT2D eigenvalue weighted by molar-refractivity contribution is 4.68. The predicted molar refractivity (Wildman–Crippen MR) is 25.0 cm³/mol. The number of ether oxygens (including phenoxy) is 1. The lowest BCUT2D eigenvalue weighted by Gasteiger charge is -1.87. The van der Waals surface area contributed by atoms with E-state index in [0.717, 1.165) is 6.42 Å². The minimum Gasteiger partial charge on any atom is -0.379 e. The van der Waals surface area contributed by atoms with Crippen LogP contribution in [0.4, 0.5) is 0 Å². The van der Waals surface area contributed by atoms with Crippen LogP contribution >= 0.6 is 0 Å². The predicted octanol–water partition coefficient (Wildman–Crippen LogP) is 0.542. The molecule has 1 rings (SSSR count). The molecule has 1 saturated heterocycles. The third kappa shape index (κ3) is 0.962. The average molecular weight is 101 g/mol. The van der Waals surface area contributed by atoms with E-state index in [2.05, 4.69) is 5.18 Å². The molecule has 0 N–H and O–H groups in total. The lowest BCUT2D eigenvalue weighted by molar-refractivity contribution is 0.194. The van der Waals surface area contributed by atoms with E-state index in [9.17, 15) is 4.91 Å². The van der Waals surface area contributed by atoms with E-state index in [1.807, 2.05) is 0 Å². The van der Waals surface area contributed by atoms with Gasteiger partial charge in [0, 0.05) is 6.61 Å². The molecule has 1 fully saturated rings. The molecular formula is C4H7NO2. The molecule has 0 unspecified atom stereocenters. The monoisotopic (exact) mass is 101 g/mol. The zero-order valence-corrected chi connectivity index (χ0v) is 3.96. The molecule has 1 aliphatic heterocycles. The Kier molecular flexibility index (Phi) is 1.36. The molecule has 0 aromatic carbocycles. The number of hydrogen-bond acceptors (Lipinski definition) is 3. The Morgan fingerprint density at radius 3 is 2.86 bits per heavy atom. The molecule has 0 bridgehead atoms. The molecule has 0 spiro atoms. The van der Waals surface area contributed by atoms with Gasteiger partial charge in [-0.05, 0) is 6.42 Å². The Hall–Kier alpha value is -0.440. The highest BCUT2D eigenvalue weighted by Crippen LogP contribution is 2.05. The first-order chi connectivity index (χ1) is 3.43. The van der Waals surface area contributed by atoms with Gasteiger partial charge in [-0.1, -0.05) is 5.18 Å². The van der Waals surface area contributed by atoms with Crippen molar-refractivity contribution in [3.63, 3.8) is 0 Å². The first kappa shape index (κ1) is 4.71. The van der Waals surface area contributed by atoms with Crippen LogP contribution in [-0.2, 0) is 4.74 Å². The zero-order chi connectivity index (χ0) is 5.11. The Labute approximate surface area is 41.6 Å². The van der Waals surface area contributed by atoms with Crippen molar-refractivity contribution < 1.29 is 4.74 Å². The summed E-state index contributed by atoms with van der Waals surface area (Å²) >= 11 is 0. The largest absolute Gasteiger partial charge is 0.379 e. The summed E-state index contributed by atoms with van der Waals surface area (Å²) in [5.74, 6) is 0. The van der Waals surface area contributed by atoms with E-state index in [-0.39, 0.29) is 6.04 Å². The lowest BCUT2D eigenvalue weighted by atomic mass is 10.3. The van der Waals surface area contributed by atoms with Crippen LogP contribution in [0.1, 0.15) is 6.42 Å². The van der Waals surface area contributed by atoms with Crippen LogP contribution in [0, 0.1) is 4.91 Å². The number of nitroso groups, excluding NO2 is 1. The summed E-state index contributed by atoms with van der Waals surface area (Å²) in [6.45, 7) is 1.24. The van der Waals surface area contributed by atoms with E-state index >= 15 is 0 Å². The van der Waals surface area contributed by atoms with E-state index in [0.29, 0.717) is 13.2 Å². The van der Waals surface area contributed by atoms with Crippen LogP contribution in [0.2, 0.25) is 0 Å². The summed E-state index contributed by atoms with van der Waals surface area (Å²) < 4.78 is 4.85. The summed E-state index contributed by atoms with van der Waals surface area (Å²) in [5, 5.41) is 2.81. The molecule has 1 atom stereocenters. The van der Waals surface area contributed by atoms with Gasteiger partial charge >= 0.3 is 0 Å². The van der Waals surface area contributed by atoms with Crippen LogP contribution in [0.15, 0.2) is 5.18 Å². The van der Waals surface area contributed by atoms with Crippen LogP contribution in [-0.4, -0.2) is 19.3 Å². The van der Waals surface area contributed by atoms with Crippen LogP contribution < -0.4 is 0 Å². The average Bonchev–Trinajstić information content (AvgIpc) is 2.14. The Morgan fingerprint density at radius 2 is 2.57 bits per heavy atom. The van der Waals surface area contributed by atoms with Gasteiger partial charge in [0.15, 0.2) is 0 Å². The second-order valence-corrected chi connectivity index (χ2v) is 1.62. The van der Waals surface area contributed by atoms with Crippen molar-refractivity contribution in [1.82, 2.24) is 0 Å². The minimum absolute atomic E-state index is 0.0556. The van der Waals surface area contributed by atoms with Crippen molar-refractivity contribution >= 4 is 0 Å². The van der Waals surface area contributed by atoms with E-state index in [1.54, 1.807) is 0 Å². The number of hydrogen-bond donors (Lipinski definition) is 0. The molecule has 0 aromatic heterocycles. The third-order valence-corrected chi connectivity index (χ3v) is 1.05. The highest BCUT2D eigenvalue weighted by atomic mass is 16.5. The molecule has 1 heterocycles. The Morgan fingerprint density at radius 1 is 1.71 bits per heavy atom. The molecule has 40 valence electrons. The quantitative estimate of drug-likeness (QED) is 0.452. The summed E-state index contributed by atoms with van der Waals surface area (Å²) in [7, 11) is 0. The number of nitrogens with zero attached hydrogens (tertiary/aromatic N) is 1. The van der Waals surface area contributed by atoms with Gasteiger partial charge < -0.3 is 4.74 Å². The van der Waals surface area contributed by atoms with Gasteiger partial charge in [0.05, 0.1) is 6.61 Å². The molecular weight excluding hydrogens is 94.0 g/mol. The highest BCUT2D eigenvalue weighted by Gasteiger charge is 2.14. The van der Waals surface area contributed by atoms with Crippen LogP contribution in [0.3, 0.4) is 0 Å². The van der Waals surface area contributed by atoms with Crippen molar-refractivity contribution in [1.29, 1.82) is 0 Å². The standard InChI is InChI=1S/C4H7NO2/c6-5-4-1-2-7-3-4/h4H,1-3H2/t4-/m1/s1. The normalized spacial score (nSPS) is 30.6. The fourth-order valence-electron chi connectivity index (χ4n) is 0.605. The first-order valence-electron chi connectivity index (χ1n) is 2.33.